The third-order valence-corrected chi connectivity index (χ3v) is 17.9. The Morgan fingerprint density at radius 3 is 1.82 bits per heavy atom. The van der Waals surface area contributed by atoms with Gasteiger partial charge in [-0.3, -0.25) is 38.5 Å². The van der Waals surface area contributed by atoms with Crippen molar-refractivity contribution in [2.75, 3.05) is 108 Å². The number of benzene rings is 2. The van der Waals surface area contributed by atoms with Crippen molar-refractivity contribution in [3.8, 4) is 0 Å². The Bertz CT molecular complexity index is 2710. The summed E-state index contributed by atoms with van der Waals surface area (Å²) in [6, 6.07) is 10.4. The number of Topliss-reactive ketones (excluding diaryl/α,β-unsaturated/α-hetero) is 2. The van der Waals surface area contributed by atoms with Crippen LogP contribution in [-0.4, -0.2) is 229 Å². The van der Waals surface area contributed by atoms with E-state index in [1.54, 1.807) is 88.1 Å². The molecule has 0 saturated carbocycles. The Morgan fingerprint density at radius 2 is 1.28 bits per heavy atom. The lowest BCUT2D eigenvalue weighted by Crippen LogP contribution is -2.60. The number of amides is 8. The number of nitrogens with one attached hydrogen (secondary N) is 4. The summed E-state index contributed by atoms with van der Waals surface area (Å²) in [5.41, 5.74) is 7.12. The van der Waals surface area contributed by atoms with Crippen LogP contribution in [0.15, 0.2) is 54.6 Å². The molecule has 1 aliphatic rings. The van der Waals surface area contributed by atoms with Crippen LogP contribution in [0.1, 0.15) is 137 Å². The van der Waals surface area contributed by atoms with Crippen molar-refractivity contribution in [2.45, 2.75) is 182 Å². The molecule has 1 saturated heterocycles. The van der Waals surface area contributed by atoms with E-state index in [9.17, 15) is 48.3 Å². The Kier molecular flexibility index (Phi) is 39.3. The first kappa shape index (κ1) is 84.6. The van der Waals surface area contributed by atoms with Crippen LogP contribution in [0.25, 0.3) is 0 Å². The molecule has 1 aliphatic heterocycles. The molecular formula is C71H116N8O18. The van der Waals surface area contributed by atoms with E-state index in [2.05, 4.69) is 21.3 Å². The zero-order valence-electron chi connectivity index (χ0n) is 60.3. The molecule has 2 aromatic carbocycles. The molecule has 1 fully saturated rings. The van der Waals surface area contributed by atoms with Gasteiger partial charge in [0.2, 0.25) is 29.5 Å². The molecule has 0 bridgehead atoms. The summed E-state index contributed by atoms with van der Waals surface area (Å²) < 4.78 is 44.5. The van der Waals surface area contributed by atoms with Crippen LogP contribution >= 0.6 is 0 Å². The lowest BCUT2D eigenvalue weighted by atomic mass is 9.89. The van der Waals surface area contributed by atoms with E-state index in [4.69, 9.17) is 43.6 Å². The SMILES string of the molecule is CC[C@H](C)[C@@H]([C@@H](CC(=O)N1CCC[C@H]1[C@H](OC)[C@@H](C)C(=O)N[C@H](C)[C@@H](O)c1ccccc1)OC)N(C)C(=O)[C@@H](NC(=O)[C@H](C(C)C)N(C)C(=O)OCc1ccc(CC(=O)C(CCCNC(N)=O)NC(=O)C(CC(=O)COCCOCCOCCOCCOC)C(C)C)cc1)C(C)C. The lowest BCUT2D eigenvalue weighted by molar-refractivity contribution is -0.148. The van der Waals surface area contributed by atoms with Gasteiger partial charge in [0.25, 0.3) is 0 Å². The monoisotopic (exact) mass is 1370 g/mol. The molecule has 548 valence electrons. The van der Waals surface area contributed by atoms with Gasteiger partial charge in [-0.1, -0.05) is 123 Å². The fourth-order valence-corrected chi connectivity index (χ4v) is 12.0. The van der Waals surface area contributed by atoms with Crippen LogP contribution in [0.4, 0.5) is 9.59 Å². The van der Waals surface area contributed by atoms with Gasteiger partial charge in [-0.2, -0.15) is 0 Å². The first-order valence-electron chi connectivity index (χ1n) is 34.2. The zero-order valence-corrected chi connectivity index (χ0v) is 60.3. The quantitative estimate of drug-likeness (QED) is 0.0441. The first-order chi connectivity index (χ1) is 46.1. The highest BCUT2D eigenvalue weighted by Gasteiger charge is 2.44. The second-order valence-electron chi connectivity index (χ2n) is 26.3. The van der Waals surface area contributed by atoms with Gasteiger partial charge in [-0.05, 0) is 73.0 Å². The smallest absolute Gasteiger partial charge is 0.410 e. The van der Waals surface area contributed by atoms with E-state index in [0.717, 1.165) is 0 Å². The average molecular weight is 1370 g/mol. The highest BCUT2D eigenvalue weighted by atomic mass is 16.6. The molecule has 0 spiro atoms. The third-order valence-electron chi connectivity index (χ3n) is 17.9. The van der Waals surface area contributed by atoms with Crippen molar-refractivity contribution in [1.82, 2.24) is 36.0 Å². The number of aliphatic hydroxyl groups excluding tert-OH is 1. The summed E-state index contributed by atoms with van der Waals surface area (Å²) in [6.45, 7) is 21.4. The number of carbonyl (C=O) groups excluding carboxylic acids is 9. The minimum absolute atomic E-state index is 0.0816. The van der Waals surface area contributed by atoms with Gasteiger partial charge in [0, 0.05) is 67.3 Å². The Labute approximate surface area is 575 Å². The van der Waals surface area contributed by atoms with Gasteiger partial charge >= 0.3 is 12.1 Å². The van der Waals surface area contributed by atoms with Crippen LogP contribution in [-0.2, 0) is 84.5 Å². The van der Waals surface area contributed by atoms with Gasteiger partial charge in [0.05, 0.1) is 108 Å². The summed E-state index contributed by atoms with van der Waals surface area (Å²) >= 11 is 0. The zero-order chi connectivity index (χ0) is 72.3. The number of urea groups is 1. The van der Waals surface area contributed by atoms with Gasteiger partial charge < -0.3 is 79.8 Å². The van der Waals surface area contributed by atoms with Crippen molar-refractivity contribution in [2.24, 2.45) is 41.2 Å². The number of ketones is 2. The van der Waals surface area contributed by atoms with E-state index in [1.165, 1.54) is 26.2 Å². The maximum Gasteiger partial charge on any atom is 0.410 e. The number of likely N-dealkylation sites (tertiary alicyclic amines) is 1. The van der Waals surface area contributed by atoms with Gasteiger partial charge in [0.1, 0.15) is 25.3 Å². The van der Waals surface area contributed by atoms with Crippen molar-refractivity contribution in [3.05, 3.63) is 71.3 Å². The molecule has 2 unspecified atom stereocenters. The minimum Gasteiger partial charge on any atom is -0.445 e. The molecule has 26 nitrogen and oxygen atoms in total. The predicted molar refractivity (Wildman–Crippen MR) is 365 cm³/mol. The van der Waals surface area contributed by atoms with E-state index in [-0.39, 0.29) is 93.9 Å². The van der Waals surface area contributed by atoms with E-state index < -0.39 is 108 Å². The molecule has 8 amide bonds. The van der Waals surface area contributed by atoms with Crippen molar-refractivity contribution in [3.63, 3.8) is 0 Å². The normalized spacial score (nSPS) is 16.6. The third kappa shape index (κ3) is 28.6. The summed E-state index contributed by atoms with van der Waals surface area (Å²) in [4.78, 5) is 128. The number of rotatable bonds is 48. The van der Waals surface area contributed by atoms with Crippen LogP contribution in [0, 0.1) is 35.5 Å². The Balaban J connectivity index is 1.64. The molecule has 1 heterocycles. The Hall–Kier alpha value is -6.65. The van der Waals surface area contributed by atoms with Crippen molar-refractivity contribution >= 4 is 53.2 Å². The number of ether oxygens (including phenoxy) is 8. The number of primary amides is 1. The van der Waals surface area contributed by atoms with Crippen LogP contribution < -0.4 is 27.0 Å². The van der Waals surface area contributed by atoms with Crippen molar-refractivity contribution < 1.29 is 86.2 Å². The Morgan fingerprint density at radius 1 is 0.680 bits per heavy atom. The van der Waals surface area contributed by atoms with E-state index >= 15 is 0 Å². The summed E-state index contributed by atoms with van der Waals surface area (Å²) in [5.74, 6) is -5.34. The molecule has 26 heteroatoms. The van der Waals surface area contributed by atoms with Crippen LogP contribution in [0.2, 0.25) is 0 Å². The molecule has 12 atom stereocenters. The van der Waals surface area contributed by atoms with Gasteiger partial charge in [-0.15, -0.1) is 0 Å². The summed E-state index contributed by atoms with van der Waals surface area (Å²) in [5, 5.41) is 22.2. The topological polar surface area (TPSA) is 332 Å². The van der Waals surface area contributed by atoms with E-state index in [0.29, 0.717) is 88.6 Å². The molecular weight excluding hydrogens is 1250 g/mol. The highest BCUT2D eigenvalue weighted by Crippen LogP contribution is 2.31. The number of hydrogen-bond acceptors (Lipinski definition) is 18. The molecule has 0 aliphatic carbocycles. The predicted octanol–water partition coefficient (Wildman–Crippen LogP) is 5.57. The first-order valence-corrected chi connectivity index (χ1v) is 34.2. The molecule has 3 rings (SSSR count). The van der Waals surface area contributed by atoms with Crippen LogP contribution in [0.5, 0.6) is 0 Å². The molecule has 0 radical (unpaired) electrons. The number of nitrogens with zero attached hydrogens (tertiary/aromatic N) is 3. The van der Waals surface area contributed by atoms with Crippen molar-refractivity contribution in [1.29, 1.82) is 0 Å². The molecule has 2 aromatic rings. The molecule has 0 aromatic heterocycles. The van der Waals surface area contributed by atoms with Gasteiger partial charge in [-0.25, -0.2) is 9.59 Å². The fourth-order valence-electron chi connectivity index (χ4n) is 12.0. The second-order valence-corrected chi connectivity index (χ2v) is 26.3. The number of carbonyl (C=O) groups is 9. The van der Waals surface area contributed by atoms with E-state index in [1.807, 2.05) is 59.7 Å². The number of nitrogens with two attached hydrogens (primary N) is 1. The number of aliphatic hydroxyl groups is 1. The minimum atomic E-state index is -1.07. The standard InChI is InChI=1S/C71H116N8O18/c1-16-48(8)63(59(91-14)42-60(82)79-31-21-25-57(79)65(92-15)49(9)66(84)74-50(10)64(83)53-22-18-17-19-23-53)77(11)69(87)61(46(4)5)76-68(86)62(47(6)7)78(12)71(89)97-43-52-28-26-51(27-29-52)40-58(81)56(24-20-30-73-70(72)88)75-67(85)55(45(2)3)41-54(80)44-96-39-38-95-37-36-94-35-34-93-33-32-90-13/h17-19,22-23,26-29,45-50,55-57,59,61-65,83H,16,20-21,24-25,30-44H2,1-15H3,(H,74,84)(H,75,85)(H,76,86)(H3,72,73,88)/t48-,49+,50+,55?,56?,57-,59+,61-,62-,63-,64+,65+/m0/s1. The maximum absolute atomic E-state index is 14.8. The largest absolute Gasteiger partial charge is 0.445 e. The lowest BCUT2D eigenvalue weighted by Gasteiger charge is -2.41. The molecule has 97 heavy (non-hydrogen) atoms. The number of likely N-dealkylation sites (N-methyl/N-ethyl adjacent to an activating group) is 2. The number of methoxy groups -OCH3 is 3. The van der Waals surface area contributed by atoms with Gasteiger partial charge in [0.15, 0.2) is 11.6 Å². The molecule has 7 N–H and O–H groups in total. The average Bonchev–Trinajstić information content (AvgIpc) is 1.23. The van der Waals surface area contributed by atoms with Crippen LogP contribution in [0.3, 0.4) is 0 Å². The number of hydrogen-bond donors (Lipinski definition) is 6. The second kappa shape index (κ2) is 45.1. The fraction of sp³-hybridized carbons (Fsp3) is 0.704. The summed E-state index contributed by atoms with van der Waals surface area (Å²) in [6.07, 6.45) is -1.06. The summed E-state index contributed by atoms with van der Waals surface area (Å²) in [7, 11) is 7.72. The highest BCUT2D eigenvalue weighted by molar-refractivity contribution is 5.94. The maximum atomic E-state index is 14.8.